The first-order chi connectivity index (χ1) is 10.2. The second-order valence-electron chi connectivity index (χ2n) is 6.89. The summed E-state index contributed by atoms with van der Waals surface area (Å²) in [6.45, 7) is 3.52. The highest BCUT2D eigenvalue weighted by molar-refractivity contribution is 14.0. The SMILES string of the molecule is CN=C(NCCC1CCN(C)CC1)NC1CC2CCC1O2.I. The number of nitrogens with zero attached hydrogens (tertiary/aromatic N) is 2. The van der Waals surface area contributed by atoms with Gasteiger partial charge in [0.1, 0.15) is 0 Å². The molecule has 0 amide bonds. The number of rotatable bonds is 4. The largest absolute Gasteiger partial charge is 0.373 e. The highest BCUT2D eigenvalue weighted by Crippen LogP contribution is 2.34. The minimum absolute atomic E-state index is 0. The molecule has 0 aromatic heterocycles. The standard InChI is InChI=1S/C16H30N4O.HI/c1-17-16(19-14-11-13-3-4-15(14)21-13)18-8-5-12-6-9-20(2)10-7-12;/h12-15H,3-11H2,1-2H3,(H2,17,18,19);1H. The van der Waals surface area contributed by atoms with Gasteiger partial charge in [-0.15, -0.1) is 24.0 Å². The van der Waals surface area contributed by atoms with Gasteiger partial charge in [0, 0.05) is 13.6 Å². The van der Waals surface area contributed by atoms with Crippen molar-refractivity contribution in [3.05, 3.63) is 0 Å². The molecule has 3 atom stereocenters. The fourth-order valence-corrected chi connectivity index (χ4v) is 3.91. The van der Waals surface area contributed by atoms with Crippen LogP contribution in [-0.4, -0.2) is 62.8 Å². The normalized spacial score (nSPS) is 32.8. The Morgan fingerprint density at radius 3 is 2.59 bits per heavy atom. The van der Waals surface area contributed by atoms with Crippen molar-refractivity contribution in [3.63, 3.8) is 0 Å². The first-order valence-electron chi connectivity index (χ1n) is 8.56. The van der Waals surface area contributed by atoms with E-state index in [0.29, 0.717) is 18.2 Å². The van der Waals surface area contributed by atoms with Crippen LogP contribution < -0.4 is 10.6 Å². The molecule has 3 aliphatic rings. The number of ether oxygens (including phenoxy) is 1. The van der Waals surface area contributed by atoms with Crippen LogP contribution in [0.1, 0.15) is 38.5 Å². The monoisotopic (exact) mass is 422 g/mol. The van der Waals surface area contributed by atoms with E-state index >= 15 is 0 Å². The first kappa shape index (κ1) is 18.3. The number of halogens is 1. The lowest BCUT2D eigenvalue weighted by Crippen LogP contribution is -2.47. The molecule has 3 fully saturated rings. The number of nitrogens with one attached hydrogen (secondary N) is 2. The number of likely N-dealkylation sites (tertiary alicyclic amines) is 1. The van der Waals surface area contributed by atoms with Crippen LogP contribution in [0.15, 0.2) is 4.99 Å². The number of hydrogen-bond acceptors (Lipinski definition) is 3. The zero-order valence-electron chi connectivity index (χ0n) is 13.9. The summed E-state index contributed by atoms with van der Waals surface area (Å²) in [7, 11) is 4.08. The number of piperidine rings is 1. The van der Waals surface area contributed by atoms with Crippen molar-refractivity contribution in [2.75, 3.05) is 33.7 Å². The fourth-order valence-electron chi connectivity index (χ4n) is 3.91. The lowest BCUT2D eigenvalue weighted by Gasteiger charge is -2.29. The van der Waals surface area contributed by atoms with Crippen LogP contribution in [0.3, 0.4) is 0 Å². The third kappa shape index (κ3) is 4.71. The fraction of sp³-hybridized carbons (Fsp3) is 0.938. The van der Waals surface area contributed by atoms with E-state index in [0.717, 1.165) is 24.8 Å². The minimum Gasteiger partial charge on any atom is -0.373 e. The maximum Gasteiger partial charge on any atom is 0.191 e. The zero-order valence-corrected chi connectivity index (χ0v) is 16.2. The Morgan fingerprint density at radius 2 is 2.00 bits per heavy atom. The number of guanidine groups is 1. The van der Waals surface area contributed by atoms with Gasteiger partial charge in [-0.25, -0.2) is 0 Å². The van der Waals surface area contributed by atoms with Crippen molar-refractivity contribution in [1.82, 2.24) is 15.5 Å². The van der Waals surface area contributed by atoms with E-state index in [1.807, 2.05) is 7.05 Å². The van der Waals surface area contributed by atoms with E-state index in [1.165, 1.54) is 45.2 Å². The van der Waals surface area contributed by atoms with Crippen LogP contribution in [-0.2, 0) is 4.74 Å². The van der Waals surface area contributed by atoms with Crippen molar-refractivity contribution in [3.8, 4) is 0 Å². The molecule has 128 valence electrons. The van der Waals surface area contributed by atoms with E-state index in [4.69, 9.17) is 4.74 Å². The smallest absolute Gasteiger partial charge is 0.191 e. The van der Waals surface area contributed by atoms with Gasteiger partial charge in [-0.05, 0) is 64.6 Å². The third-order valence-corrected chi connectivity index (χ3v) is 5.33. The van der Waals surface area contributed by atoms with Crippen LogP contribution in [0.5, 0.6) is 0 Å². The quantitative estimate of drug-likeness (QED) is 0.412. The topological polar surface area (TPSA) is 48.9 Å². The molecule has 0 aliphatic carbocycles. The second-order valence-corrected chi connectivity index (χ2v) is 6.89. The van der Waals surface area contributed by atoms with Crippen molar-refractivity contribution >= 4 is 29.9 Å². The van der Waals surface area contributed by atoms with Crippen LogP contribution in [0.25, 0.3) is 0 Å². The zero-order chi connectivity index (χ0) is 14.7. The Hall–Kier alpha value is -0.0800. The summed E-state index contributed by atoms with van der Waals surface area (Å²) in [5, 5.41) is 7.03. The predicted molar refractivity (Wildman–Crippen MR) is 101 cm³/mol. The van der Waals surface area contributed by atoms with Crippen LogP contribution >= 0.6 is 24.0 Å². The van der Waals surface area contributed by atoms with Gasteiger partial charge in [0.05, 0.1) is 18.2 Å². The van der Waals surface area contributed by atoms with E-state index in [9.17, 15) is 0 Å². The summed E-state index contributed by atoms with van der Waals surface area (Å²) < 4.78 is 5.89. The van der Waals surface area contributed by atoms with Crippen molar-refractivity contribution in [1.29, 1.82) is 0 Å². The van der Waals surface area contributed by atoms with Crippen molar-refractivity contribution in [2.24, 2.45) is 10.9 Å². The molecule has 0 radical (unpaired) electrons. The molecule has 3 rings (SSSR count). The molecular formula is C16H31IN4O. The second kappa shape index (κ2) is 8.68. The van der Waals surface area contributed by atoms with Crippen molar-refractivity contribution in [2.45, 2.75) is 56.8 Å². The van der Waals surface area contributed by atoms with Gasteiger partial charge in [0.25, 0.3) is 0 Å². The molecule has 2 bridgehead atoms. The van der Waals surface area contributed by atoms with E-state index < -0.39 is 0 Å². The molecule has 3 heterocycles. The lowest BCUT2D eigenvalue weighted by atomic mass is 9.94. The van der Waals surface area contributed by atoms with Crippen LogP contribution in [0.4, 0.5) is 0 Å². The molecule has 3 unspecified atom stereocenters. The minimum atomic E-state index is 0. The maximum atomic E-state index is 5.89. The maximum absolute atomic E-state index is 5.89. The highest BCUT2D eigenvalue weighted by Gasteiger charge is 2.41. The average molecular weight is 422 g/mol. The Labute approximate surface area is 151 Å². The lowest BCUT2D eigenvalue weighted by molar-refractivity contribution is 0.0992. The third-order valence-electron chi connectivity index (χ3n) is 5.33. The van der Waals surface area contributed by atoms with Crippen molar-refractivity contribution < 1.29 is 4.74 Å². The predicted octanol–water partition coefficient (Wildman–Crippen LogP) is 1.82. The molecule has 2 N–H and O–H groups in total. The summed E-state index contributed by atoms with van der Waals surface area (Å²) in [5.74, 6) is 1.82. The molecule has 6 heteroatoms. The molecule has 5 nitrogen and oxygen atoms in total. The van der Waals surface area contributed by atoms with Crippen LogP contribution in [0.2, 0.25) is 0 Å². The van der Waals surface area contributed by atoms with Gasteiger partial charge in [-0.2, -0.15) is 0 Å². The van der Waals surface area contributed by atoms with E-state index in [1.54, 1.807) is 0 Å². The Kier molecular flexibility index (Phi) is 7.21. The van der Waals surface area contributed by atoms with Gasteiger partial charge < -0.3 is 20.3 Å². The van der Waals surface area contributed by atoms with Gasteiger partial charge >= 0.3 is 0 Å². The van der Waals surface area contributed by atoms with Gasteiger partial charge in [0.2, 0.25) is 0 Å². The summed E-state index contributed by atoms with van der Waals surface area (Å²) >= 11 is 0. The highest BCUT2D eigenvalue weighted by atomic mass is 127. The molecule has 22 heavy (non-hydrogen) atoms. The summed E-state index contributed by atoms with van der Waals surface area (Å²) in [6, 6.07) is 0.457. The molecule has 0 saturated carbocycles. The molecule has 0 spiro atoms. The summed E-state index contributed by atoms with van der Waals surface area (Å²) in [6.07, 6.45) is 8.41. The number of hydrogen-bond donors (Lipinski definition) is 2. The van der Waals surface area contributed by atoms with E-state index in [2.05, 4.69) is 27.6 Å². The molecule has 0 aromatic carbocycles. The molecule has 3 saturated heterocycles. The van der Waals surface area contributed by atoms with Gasteiger partial charge in [-0.3, -0.25) is 4.99 Å². The van der Waals surface area contributed by atoms with Gasteiger partial charge in [0.15, 0.2) is 5.96 Å². The Balaban J connectivity index is 0.00000176. The van der Waals surface area contributed by atoms with E-state index in [-0.39, 0.29) is 24.0 Å². The number of aliphatic imine (C=N–C) groups is 1. The molecule has 0 aromatic rings. The molecular weight excluding hydrogens is 391 g/mol. The Morgan fingerprint density at radius 1 is 1.23 bits per heavy atom. The summed E-state index contributed by atoms with van der Waals surface area (Å²) in [4.78, 5) is 6.79. The average Bonchev–Trinajstić information content (AvgIpc) is 3.11. The summed E-state index contributed by atoms with van der Waals surface area (Å²) in [5.41, 5.74) is 0. The van der Waals surface area contributed by atoms with Crippen LogP contribution in [0, 0.1) is 5.92 Å². The molecule has 3 aliphatic heterocycles. The Bertz CT molecular complexity index is 371. The van der Waals surface area contributed by atoms with Gasteiger partial charge in [-0.1, -0.05) is 0 Å². The number of fused-ring (bicyclic) bond motifs is 2. The first-order valence-corrected chi connectivity index (χ1v) is 8.56.